The van der Waals surface area contributed by atoms with Crippen LogP contribution in [0.3, 0.4) is 0 Å². The summed E-state index contributed by atoms with van der Waals surface area (Å²) in [4.78, 5) is 37.7. The normalized spacial score (nSPS) is 15.4. The van der Waals surface area contributed by atoms with Crippen molar-refractivity contribution in [2.24, 2.45) is 5.92 Å². The molecule has 3 heterocycles. The van der Waals surface area contributed by atoms with Crippen LogP contribution in [0.15, 0.2) is 79.1 Å². The summed E-state index contributed by atoms with van der Waals surface area (Å²) in [6.45, 7) is 2.84. The molecule has 1 fully saturated rings. The molecule has 36 heavy (non-hydrogen) atoms. The number of nitrogens with one attached hydrogen (secondary N) is 1. The molecule has 0 saturated carbocycles. The first-order chi connectivity index (χ1) is 17.6. The van der Waals surface area contributed by atoms with Gasteiger partial charge in [0, 0.05) is 31.0 Å². The van der Waals surface area contributed by atoms with E-state index in [1.807, 2.05) is 73.7 Å². The molecule has 1 saturated heterocycles. The second-order valence-electron chi connectivity index (χ2n) is 8.67. The Morgan fingerprint density at radius 3 is 2.67 bits per heavy atom. The van der Waals surface area contributed by atoms with Gasteiger partial charge in [0.15, 0.2) is 5.75 Å². The molecule has 1 N–H and O–H groups in total. The highest BCUT2D eigenvalue weighted by atomic mass is 32.1. The zero-order valence-electron chi connectivity index (χ0n) is 19.9. The molecular formula is C28H26N4O3S. The van der Waals surface area contributed by atoms with Gasteiger partial charge in [0.1, 0.15) is 15.6 Å². The second kappa shape index (κ2) is 10.7. The lowest BCUT2D eigenvalue weighted by Crippen LogP contribution is -2.43. The highest BCUT2D eigenvalue weighted by Crippen LogP contribution is 2.32. The summed E-state index contributed by atoms with van der Waals surface area (Å²) < 4.78 is 5.98. The Balaban J connectivity index is 1.27. The van der Waals surface area contributed by atoms with Gasteiger partial charge in [0.05, 0.1) is 17.3 Å². The van der Waals surface area contributed by atoms with Crippen LogP contribution in [0, 0.1) is 12.8 Å². The summed E-state index contributed by atoms with van der Waals surface area (Å²) in [7, 11) is 0. The lowest BCUT2D eigenvalue weighted by Gasteiger charge is -2.32. The van der Waals surface area contributed by atoms with Crippen molar-refractivity contribution in [2.45, 2.75) is 19.8 Å². The first kappa shape index (κ1) is 23.7. The standard InChI is InChI=1S/C28H26N4O3S/c1-19-25(36-27(30-19)20-9-7-15-29-17-20)28(34)32-16-8-10-21(18-32)26(33)31-23-13-5-6-14-24(23)35-22-11-3-2-4-12-22/h2-7,9,11-15,17,21H,8,10,16,18H2,1H3,(H,31,33). The van der Waals surface area contributed by atoms with Crippen LogP contribution < -0.4 is 10.1 Å². The molecule has 4 aromatic rings. The molecule has 2 amide bonds. The fraction of sp³-hybridized carbons (Fsp3) is 0.214. The van der Waals surface area contributed by atoms with Gasteiger partial charge in [-0.15, -0.1) is 11.3 Å². The minimum atomic E-state index is -0.307. The number of aryl methyl sites for hydroxylation is 1. The summed E-state index contributed by atoms with van der Waals surface area (Å²) in [5, 5.41) is 3.79. The van der Waals surface area contributed by atoms with Crippen molar-refractivity contribution in [3.63, 3.8) is 0 Å². The molecule has 1 atom stereocenters. The van der Waals surface area contributed by atoms with Crippen LogP contribution in [0.1, 0.15) is 28.2 Å². The summed E-state index contributed by atoms with van der Waals surface area (Å²) in [5.74, 6) is 0.765. The molecule has 1 aliphatic rings. The molecule has 0 aliphatic carbocycles. The average molecular weight is 499 g/mol. The Labute approximate surface area is 213 Å². The van der Waals surface area contributed by atoms with E-state index in [1.165, 1.54) is 11.3 Å². The SMILES string of the molecule is Cc1nc(-c2cccnc2)sc1C(=O)N1CCCC(C(=O)Nc2ccccc2Oc2ccccc2)C1. The van der Waals surface area contributed by atoms with Gasteiger partial charge < -0.3 is 15.0 Å². The molecule has 1 aliphatic heterocycles. The molecule has 8 heteroatoms. The van der Waals surface area contributed by atoms with Gasteiger partial charge in [0.2, 0.25) is 5.91 Å². The lowest BCUT2D eigenvalue weighted by molar-refractivity contribution is -0.121. The first-order valence-corrected chi connectivity index (χ1v) is 12.7. The largest absolute Gasteiger partial charge is 0.455 e. The molecule has 7 nitrogen and oxygen atoms in total. The number of rotatable bonds is 6. The quantitative estimate of drug-likeness (QED) is 0.363. The third-order valence-corrected chi connectivity index (χ3v) is 7.29. The van der Waals surface area contributed by atoms with Gasteiger partial charge in [0.25, 0.3) is 5.91 Å². The van der Waals surface area contributed by atoms with Crippen LogP contribution in [0.25, 0.3) is 10.6 Å². The van der Waals surface area contributed by atoms with Crippen LogP contribution in [0.4, 0.5) is 5.69 Å². The smallest absolute Gasteiger partial charge is 0.265 e. The zero-order chi connectivity index (χ0) is 24.9. The number of carbonyl (C=O) groups excluding carboxylic acids is 2. The van der Waals surface area contributed by atoms with Gasteiger partial charge in [-0.2, -0.15) is 0 Å². The van der Waals surface area contributed by atoms with E-state index >= 15 is 0 Å². The number of amides is 2. The van der Waals surface area contributed by atoms with E-state index in [1.54, 1.807) is 17.3 Å². The van der Waals surface area contributed by atoms with Gasteiger partial charge >= 0.3 is 0 Å². The van der Waals surface area contributed by atoms with E-state index in [-0.39, 0.29) is 17.7 Å². The minimum absolute atomic E-state index is 0.0783. The number of aromatic nitrogens is 2. The molecule has 5 rings (SSSR count). The Bertz CT molecular complexity index is 1360. The lowest BCUT2D eigenvalue weighted by atomic mass is 9.96. The maximum atomic E-state index is 13.4. The monoisotopic (exact) mass is 498 g/mol. The van der Waals surface area contributed by atoms with Crippen LogP contribution in [0.2, 0.25) is 0 Å². The summed E-state index contributed by atoms with van der Waals surface area (Å²) in [6, 6.07) is 20.6. The van der Waals surface area contributed by atoms with Crippen LogP contribution >= 0.6 is 11.3 Å². The number of hydrogen-bond donors (Lipinski definition) is 1. The first-order valence-electron chi connectivity index (χ1n) is 11.9. The van der Waals surface area contributed by atoms with E-state index < -0.39 is 0 Å². The topological polar surface area (TPSA) is 84.4 Å². The maximum absolute atomic E-state index is 13.4. The number of carbonyl (C=O) groups is 2. The van der Waals surface area contributed by atoms with Crippen LogP contribution in [-0.4, -0.2) is 39.8 Å². The van der Waals surface area contributed by atoms with Crippen LogP contribution in [-0.2, 0) is 4.79 Å². The van der Waals surface area contributed by atoms with E-state index in [9.17, 15) is 9.59 Å². The van der Waals surface area contributed by atoms with Crippen LogP contribution in [0.5, 0.6) is 11.5 Å². The number of piperidine rings is 1. The summed E-state index contributed by atoms with van der Waals surface area (Å²) >= 11 is 1.37. The van der Waals surface area contributed by atoms with Crippen molar-refractivity contribution >= 4 is 28.8 Å². The molecule has 0 spiro atoms. The molecule has 2 aromatic carbocycles. The third-order valence-electron chi connectivity index (χ3n) is 6.09. The van der Waals surface area contributed by atoms with E-state index in [4.69, 9.17) is 4.74 Å². The van der Waals surface area contributed by atoms with Gasteiger partial charge in [-0.25, -0.2) is 4.98 Å². The number of nitrogens with zero attached hydrogens (tertiary/aromatic N) is 3. The molecular weight excluding hydrogens is 472 g/mol. The highest BCUT2D eigenvalue weighted by Gasteiger charge is 2.31. The third kappa shape index (κ3) is 5.28. The van der Waals surface area contributed by atoms with E-state index in [0.717, 1.165) is 23.4 Å². The average Bonchev–Trinajstić information content (AvgIpc) is 3.32. The molecule has 182 valence electrons. The molecule has 0 bridgehead atoms. The second-order valence-corrected chi connectivity index (χ2v) is 9.67. The van der Waals surface area contributed by atoms with E-state index in [2.05, 4.69) is 15.3 Å². The summed E-state index contributed by atoms with van der Waals surface area (Å²) in [5.41, 5.74) is 2.19. The van der Waals surface area contributed by atoms with Gasteiger partial charge in [-0.1, -0.05) is 30.3 Å². The molecule has 2 aromatic heterocycles. The van der Waals surface area contributed by atoms with Crippen molar-refractivity contribution in [1.82, 2.24) is 14.9 Å². The Kier molecular flexibility index (Phi) is 7.04. The predicted molar refractivity (Wildman–Crippen MR) is 140 cm³/mol. The number of benzene rings is 2. The minimum Gasteiger partial charge on any atom is -0.455 e. The van der Waals surface area contributed by atoms with Crippen molar-refractivity contribution in [2.75, 3.05) is 18.4 Å². The van der Waals surface area contributed by atoms with Crippen molar-refractivity contribution in [3.05, 3.63) is 89.7 Å². The maximum Gasteiger partial charge on any atom is 0.265 e. The number of pyridine rings is 1. The van der Waals surface area contributed by atoms with Crippen molar-refractivity contribution in [1.29, 1.82) is 0 Å². The van der Waals surface area contributed by atoms with Gasteiger partial charge in [-0.3, -0.25) is 14.6 Å². The van der Waals surface area contributed by atoms with E-state index in [0.29, 0.717) is 40.8 Å². The Hall–Kier alpha value is -4.04. The predicted octanol–water partition coefficient (Wildman–Crippen LogP) is 5.80. The molecule has 1 unspecified atom stereocenters. The number of likely N-dealkylation sites (tertiary alicyclic amines) is 1. The summed E-state index contributed by atoms with van der Waals surface area (Å²) in [6.07, 6.45) is 4.94. The van der Waals surface area contributed by atoms with Gasteiger partial charge in [-0.05, 0) is 56.2 Å². The van der Waals surface area contributed by atoms with Crippen molar-refractivity contribution < 1.29 is 14.3 Å². The van der Waals surface area contributed by atoms with Crippen molar-refractivity contribution in [3.8, 4) is 22.1 Å². The number of ether oxygens (including phenoxy) is 1. The Morgan fingerprint density at radius 2 is 1.86 bits per heavy atom. The number of hydrogen-bond acceptors (Lipinski definition) is 6. The molecule has 0 radical (unpaired) electrons. The highest BCUT2D eigenvalue weighted by molar-refractivity contribution is 7.17. The number of thiazole rings is 1. The number of anilines is 1. The fourth-order valence-electron chi connectivity index (χ4n) is 4.24. The fourth-order valence-corrected chi connectivity index (χ4v) is 5.26. The number of para-hydroxylation sites is 3. The Morgan fingerprint density at radius 1 is 1.06 bits per heavy atom. The zero-order valence-corrected chi connectivity index (χ0v) is 20.7.